The molecule has 3 aromatic carbocycles. The lowest BCUT2D eigenvalue weighted by Gasteiger charge is -2.41. The largest absolute Gasteiger partial charge is 0.497 e. The Morgan fingerprint density at radius 2 is 1.66 bits per heavy atom. The van der Waals surface area contributed by atoms with E-state index in [1.807, 2.05) is 75.4 Å². The van der Waals surface area contributed by atoms with Gasteiger partial charge in [0.1, 0.15) is 24.1 Å². The summed E-state index contributed by atoms with van der Waals surface area (Å²) >= 11 is 0. The molecular weight excluding hydrogens is 440 g/mol. The molecule has 1 aliphatic rings. The van der Waals surface area contributed by atoms with E-state index in [2.05, 4.69) is 0 Å². The van der Waals surface area contributed by atoms with Crippen LogP contribution >= 0.6 is 0 Å². The van der Waals surface area contributed by atoms with Gasteiger partial charge in [-0.3, -0.25) is 19.4 Å². The first-order valence-corrected chi connectivity index (χ1v) is 11.5. The number of anilines is 2. The van der Waals surface area contributed by atoms with Crippen LogP contribution < -0.4 is 19.3 Å². The van der Waals surface area contributed by atoms with Crippen LogP contribution in [0.5, 0.6) is 11.5 Å². The maximum Gasteiger partial charge on any atom is 0.255 e. The van der Waals surface area contributed by atoms with Gasteiger partial charge in [0, 0.05) is 11.8 Å². The lowest BCUT2D eigenvalue weighted by molar-refractivity contribution is -0.127. The van der Waals surface area contributed by atoms with Crippen LogP contribution in [0.2, 0.25) is 0 Å². The number of rotatable bonds is 6. The molecule has 0 saturated carbocycles. The lowest BCUT2D eigenvalue weighted by atomic mass is 9.97. The molecule has 0 aliphatic carbocycles. The highest BCUT2D eigenvalue weighted by Gasteiger charge is 2.42. The first-order chi connectivity index (χ1) is 16.8. The average molecular weight is 471 g/mol. The van der Waals surface area contributed by atoms with E-state index in [1.54, 1.807) is 37.3 Å². The third-order valence-electron chi connectivity index (χ3n) is 6.39. The molecule has 6 nitrogen and oxygen atoms in total. The number of hydrogen-bond donors (Lipinski definition) is 0. The Balaban J connectivity index is 1.85. The van der Waals surface area contributed by atoms with Gasteiger partial charge < -0.3 is 9.47 Å². The quantitative estimate of drug-likeness (QED) is 0.499. The number of aryl methyl sites for hydroxylation is 2. The Bertz CT molecular complexity index is 1280. The number of benzene rings is 3. The number of nitrogens with zero attached hydrogens (tertiary/aromatic N) is 2. The van der Waals surface area contributed by atoms with Gasteiger partial charge in [-0.15, -0.1) is 0 Å². The fourth-order valence-corrected chi connectivity index (χ4v) is 4.36. The molecule has 0 bridgehead atoms. The van der Waals surface area contributed by atoms with E-state index in [-0.39, 0.29) is 18.4 Å². The maximum atomic E-state index is 14.1. The molecule has 1 fully saturated rings. The minimum absolute atomic E-state index is 0.107. The van der Waals surface area contributed by atoms with E-state index in [0.717, 1.165) is 22.3 Å². The van der Waals surface area contributed by atoms with Crippen LogP contribution in [0, 0.1) is 13.8 Å². The number of piperazine rings is 1. The summed E-state index contributed by atoms with van der Waals surface area (Å²) in [6, 6.07) is 20.0. The third-order valence-corrected chi connectivity index (χ3v) is 6.39. The summed E-state index contributed by atoms with van der Waals surface area (Å²) in [7, 11) is 3.10. The van der Waals surface area contributed by atoms with E-state index in [1.165, 1.54) is 4.90 Å². The number of amides is 2. The van der Waals surface area contributed by atoms with Crippen LogP contribution in [0.15, 0.2) is 72.3 Å². The summed E-state index contributed by atoms with van der Waals surface area (Å²) in [5.41, 5.74) is 5.11. The van der Waals surface area contributed by atoms with Crippen LogP contribution in [-0.2, 0) is 9.59 Å². The van der Waals surface area contributed by atoms with E-state index in [0.29, 0.717) is 22.9 Å². The molecule has 1 heterocycles. The van der Waals surface area contributed by atoms with Crippen molar-refractivity contribution >= 4 is 29.3 Å². The second-order valence-electron chi connectivity index (χ2n) is 8.70. The second kappa shape index (κ2) is 10.1. The van der Waals surface area contributed by atoms with Crippen LogP contribution in [0.3, 0.4) is 0 Å². The number of carbonyl (C=O) groups excluding carboxylic acids is 2. The van der Waals surface area contributed by atoms with Crippen LogP contribution in [0.1, 0.15) is 23.6 Å². The Kier molecular flexibility index (Phi) is 6.92. The molecule has 1 atom stereocenters. The molecule has 180 valence electrons. The molecular formula is C29H30N2O4. The molecule has 3 aromatic rings. The van der Waals surface area contributed by atoms with E-state index >= 15 is 0 Å². The highest BCUT2D eigenvalue weighted by molar-refractivity contribution is 6.16. The molecule has 0 radical (unpaired) electrons. The predicted octanol–water partition coefficient (Wildman–Crippen LogP) is 5.17. The number of methoxy groups -OCH3 is 2. The van der Waals surface area contributed by atoms with Crippen molar-refractivity contribution in [3.63, 3.8) is 0 Å². The highest BCUT2D eigenvalue weighted by atomic mass is 16.5. The van der Waals surface area contributed by atoms with E-state index in [4.69, 9.17) is 9.47 Å². The standard InChI is InChI=1S/C29H30N2O4/c1-19-11-12-23(16-20(19)2)31-27(32)18-30(25-17-24(34-4)13-14-26(25)35-5)29(33)28(31)21(3)15-22-9-7-6-8-10-22/h6-17,28H,18H2,1-5H3/b21-15-/t28-/m0/s1. The van der Waals surface area contributed by atoms with Crippen molar-refractivity contribution < 1.29 is 19.1 Å². The minimum Gasteiger partial charge on any atom is -0.497 e. The van der Waals surface area contributed by atoms with Crippen molar-refractivity contribution in [2.75, 3.05) is 30.6 Å². The SMILES string of the molecule is COc1ccc(OC)c(N2CC(=O)N(c3ccc(C)c(C)c3)[C@@H](/C(C)=C\c3ccccc3)C2=O)c1. The zero-order valence-electron chi connectivity index (χ0n) is 20.7. The Morgan fingerprint density at radius 1 is 0.914 bits per heavy atom. The fourth-order valence-electron chi connectivity index (χ4n) is 4.36. The summed E-state index contributed by atoms with van der Waals surface area (Å²) in [6.45, 7) is 5.81. The minimum atomic E-state index is -0.811. The average Bonchev–Trinajstić information content (AvgIpc) is 2.86. The normalized spacial score (nSPS) is 16.5. The summed E-state index contributed by atoms with van der Waals surface area (Å²) in [6.07, 6.45) is 1.95. The van der Waals surface area contributed by atoms with Gasteiger partial charge in [-0.05, 0) is 67.3 Å². The van der Waals surface area contributed by atoms with E-state index < -0.39 is 6.04 Å². The summed E-state index contributed by atoms with van der Waals surface area (Å²) in [4.78, 5) is 30.9. The number of carbonyl (C=O) groups is 2. The van der Waals surface area contributed by atoms with Gasteiger partial charge >= 0.3 is 0 Å². The molecule has 4 rings (SSSR count). The molecule has 1 aliphatic heterocycles. The van der Waals surface area contributed by atoms with Gasteiger partial charge in [0.15, 0.2) is 0 Å². The van der Waals surface area contributed by atoms with Gasteiger partial charge in [-0.25, -0.2) is 0 Å². The molecule has 2 amide bonds. The molecule has 0 unspecified atom stereocenters. The number of hydrogen-bond acceptors (Lipinski definition) is 4. The van der Waals surface area contributed by atoms with Gasteiger partial charge in [-0.1, -0.05) is 42.5 Å². The van der Waals surface area contributed by atoms with Crippen molar-refractivity contribution in [1.29, 1.82) is 0 Å². The van der Waals surface area contributed by atoms with Gasteiger partial charge in [-0.2, -0.15) is 0 Å². The van der Waals surface area contributed by atoms with Gasteiger partial charge in [0.25, 0.3) is 5.91 Å². The van der Waals surface area contributed by atoms with Crippen molar-refractivity contribution in [1.82, 2.24) is 0 Å². The zero-order valence-corrected chi connectivity index (χ0v) is 20.7. The topological polar surface area (TPSA) is 59.1 Å². The molecule has 0 spiro atoms. The van der Waals surface area contributed by atoms with Crippen molar-refractivity contribution in [3.05, 3.63) is 89.0 Å². The van der Waals surface area contributed by atoms with Crippen LogP contribution in [0.4, 0.5) is 11.4 Å². The summed E-state index contributed by atoms with van der Waals surface area (Å²) < 4.78 is 10.9. The van der Waals surface area contributed by atoms with Gasteiger partial charge in [0.05, 0.1) is 19.9 Å². The fraction of sp³-hybridized carbons (Fsp3) is 0.241. The van der Waals surface area contributed by atoms with Crippen molar-refractivity contribution in [2.24, 2.45) is 0 Å². The number of ether oxygens (including phenoxy) is 2. The monoisotopic (exact) mass is 470 g/mol. The Hall–Kier alpha value is -4.06. The van der Waals surface area contributed by atoms with Crippen molar-refractivity contribution in [2.45, 2.75) is 26.8 Å². The molecule has 0 N–H and O–H groups in total. The van der Waals surface area contributed by atoms with Crippen molar-refractivity contribution in [3.8, 4) is 11.5 Å². The Labute approximate surface area is 206 Å². The molecule has 0 aromatic heterocycles. The maximum absolute atomic E-state index is 14.1. The van der Waals surface area contributed by atoms with E-state index in [9.17, 15) is 9.59 Å². The molecule has 1 saturated heterocycles. The molecule has 35 heavy (non-hydrogen) atoms. The Morgan fingerprint density at radius 3 is 2.31 bits per heavy atom. The van der Waals surface area contributed by atoms with Crippen LogP contribution in [0.25, 0.3) is 6.08 Å². The second-order valence-corrected chi connectivity index (χ2v) is 8.70. The summed E-state index contributed by atoms with van der Waals surface area (Å²) in [5.74, 6) is 0.684. The zero-order chi connectivity index (χ0) is 25.1. The molecule has 6 heteroatoms. The lowest BCUT2D eigenvalue weighted by Crippen LogP contribution is -2.61. The highest BCUT2D eigenvalue weighted by Crippen LogP contribution is 2.37. The summed E-state index contributed by atoms with van der Waals surface area (Å²) in [5, 5.41) is 0. The third kappa shape index (κ3) is 4.78. The predicted molar refractivity (Wildman–Crippen MR) is 139 cm³/mol. The first-order valence-electron chi connectivity index (χ1n) is 11.5. The van der Waals surface area contributed by atoms with Crippen LogP contribution in [-0.4, -0.2) is 38.6 Å². The van der Waals surface area contributed by atoms with Gasteiger partial charge in [0.2, 0.25) is 5.91 Å². The first kappa shape index (κ1) is 24.1. The smallest absolute Gasteiger partial charge is 0.255 e.